The number of aliphatic hydroxyl groups excluding tert-OH is 1. The van der Waals surface area contributed by atoms with Crippen molar-refractivity contribution in [2.45, 2.75) is 31.5 Å². The summed E-state index contributed by atoms with van der Waals surface area (Å²) in [5, 5.41) is 14.1. The Bertz CT molecular complexity index is 1610. The van der Waals surface area contributed by atoms with Crippen LogP contribution in [0.25, 0.3) is 22.5 Å². The first-order valence-electron chi connectivity index (χ1n) is 11.4. The van der Waals surface area contributed by atoms with E-state index in [-0.39, 0.29) is 33.6 Å². The van der Waals surface area contributed by atoms with Gasteiger partial charge in [0.1, 0.15) is 0 Å². The van der Waals surface area contributed by atoms with Crippen LogP contribution in [0.5, 0.6) is 0 Å². The van der Waals surface area contributed by atoms with Gasteiger partial charge in [0.25, 0.3) is 0 Å². The molecule has 0 radical (unpaired) electrons. The molecule has 210 valence electrons. The van der Waals surface area contributed by atoms with E-state index >= 15 is 0 Å². The van der Waals surface area contributed by atoms with Gasteiger partial charge in [0, 0.05) is 16.1 Å². The first-order chi connectivity index (χ1) is 18.7. The van der Waals surface area contributed by atoms with Crippen LogP contribution in [-0.2, 0) is 19.3 Å². The van der Waals surface area contributed by atoms with E-state index in [9.17, 15) is 41.0 Å². The van der Waals surface area contributed by atoms with Crippen LogP contribution in [0.3, 0.4) is 0 Å². The summed E-state index contributed by atoms with van der Waals surface area (Å²) in [5.41, 5.74) is 3.06. The van der Waals surface area contributed by atoms with E-state index in [1.165, 1.54) is 54.6 Å². The summed E-state index contributed by atoms with van der Waals surface area (Å²) in [5.74, 6) is -1.20. The molecule has 0 fully saturated rings. The standard InChI is InChI=1S/C26H19ClF6N4O3/c27-16-8-6-15(7-9-16)23-35-37(24(40)36(23)13-21(38)26(31,32)33)12-14-5-10-18(22(34)39)19(11-14)17-3-1-2-4-20(17)25(28,29)30/h1-11,21,38H,12-13H2,(H2,34,39). The number of nitrogens with zero attached hydrogens (tertiary/aromatic N) is 3. The lowest BCUT2D eigenvalue weighted by Crippen LogP contribution is -2.37. The Morgan fingerprint density at radius 2 is 1.62 bits per heavy atom. The van der Waals surface area contributed by atoms with Crippen LogP contribution in [0.2, 0.25) is 5.02 Å². The average Bonchev–Trinajstić information content (AvgIpc) is 3.18. The maximum atomic E-state index is 13.7. The Hall–Kier alpha value is -4.10. The largest absolute Gasteiger partial charge is 0.417 e. The quantitative estimate of drug-likeness (QED) is 0.294. The van der Waals surface area contributed by atoms with E-state index in [1.807, 2.05) is 0 Å². The highest BCUT2D eigenvalue weighted by Crippen LogP contribution is 2.38. The number of benzene rings is 3. The van der Waals surface area contributed by atoms with Gasteiger partial charge in [-0.15, -0.1) is 5.10 Å². The summed E-state index contributed by atoms with van der Waals surface area (Å²) in [6, 6.07) is 14.0. The van der Waals surface area contributed by atoms with E-state index in [2.05, 4.69) is 5.10 Å². The number of primary amides is 1. The van der Waals surface area contributed by atoms with Crippen molar-refractivity contribution >= 4 is 17.5 Å². The molecule has 40 heavy (non-hydrogen) atoms. The Labute approximate surface area is 227 Å². The fourth-order valence-corrected chi connectivity index (χ4v) is 4.19. The second kappa shape index (κ2) is 10.8. The fourth-order valence-electron chi connectivity index (χ4n) is 4.06. The summed E-state index contributed by atoms with van der Waals surface area (Å²) < 4.78 is 81.9. The molecule has 1 heterocycles. The molecule has 4 rings (SSSR count). The zero-order valence-electron chi connectivity index (χ0n) is 20.2. The van der Waals surface area contributed by atoms with Gasteiger partial charge in [-0.25, -0.2) is 9.48 Å². The summed E-state index contributed by atoms with van der Waals surface area (Å²) in [6.45, 7) is -1.56. The van der Waals surface area contributed by atoms with E-state index in [1.54, 1.807) is 0 Å². The van der Waals surface area contributed by atoms with Gasteiger partial charge in [0.15, 0.2) is 11.9 Å². The van der Waals surface area contributed by atoms with Crippen molar-refractivity contribution in [3.05, 3.63) is 98.9 Å². The van der Waals surface area contributed by atoms with Crippen molar-refractivity contribution in [1.82, 2.24) is 14.3 Å². The lowest BCUT2D eigenvalue weighted by Gasteiger charge is -2.16. The minimum Gasteiger partial charge on any atom is -0.382 e. The molecule has 14 heteroatoms. The van der Waals surface area contributed by atoms with Gasteiger partial charge in [0.05, 0.1) is 18.7 Å². The van der Waals surface area contributed by atoms with Crippen molar-refractivity contribution in [2.24, 2.45) is 5.73 Å². The highest BCUT2D eigenvalue weighted by molar-refractivity contribution is 6.30. The number of rotatable bonds is 7. The molecule has 0 saturated heterocycles. The van der Waals surface area contributed by atoms with Crippen LogP contribution in [0.15, 0.2) is 71.5 Å². The highest BCUT2D eigenvalue weighted by Gasteiger charge is 2.39. The number of nitrogens with two attached hydrogens (primary N) is 1. The van der Waals surface area contributed by atoms with Gasteiger partial charge in [-0.05, 0) is 59.2 Å². The second-order valence-electron chi connectivity index (χ2n) is 8.73. The third-order valence-electron chi connectivity index (χ3n) is 5.96. The highest BCUT2D eigenvalue weighted by atomic mass is 35.5. The van der Waals surface area contributed by atoms with Crippen LogP contribution in [0, 0.1) is 0 Å². The number of amides is 1. The summed E-state index contributed by atoms with van der Waals surface area (Å²) in [4.78, 5) is 25.2. The zero-order chi connectivity index (χ0) is 29.4. The maximum absolute atomic E-state index is 13.7. The van der Waals surface area contributed by atoms with Gasteiger partial charge in [-0.1, -0.05) is 35.9 Å². The Morgan fingerprint density at radius 1 is 0.975 bits per heavy atom. The zero-order valence-corrected chi connectivity index (χ0v) is 20.9. The first-order valence-corrected chi connectivity index (χ1v) is 11.8. The van der Waals surface area contributed by atoms with Gasteiger partial charge in [-0.3, -0.25) is 9.36 Å². The number of carbonyl (C=O) groups excluding carboxylic acids is 1. The first kappa shape index (κ1) is 28.9. The summed E-state index contributed by atoms with van der Waals surface area (Å²) >= 11 is 5.88. The molecule has 0 aliphatic carbocycles. The molecule has 0 aliphatic heterocycles. The monoisotopic (exact) mass is 584 g/mol. The predicted octanol–water partition coefficient (Wildman–Crippen LogP) is 5.12. The molecule has 1 unspecified atom stereocenters. The number of aromatic nitrogens is 3. The average molecular weight is 585 g/mol. The number of hydrogen-bond donors (Lipinski definition) is 2. The molecule has 7 nitrogen and oxygen atoms in total. The molecule has 1 aromatic heterocycles. The molecule has 0 spiro atoms. The SMILES string of the molecule is NC(=O)c1ccc(Cn2nc(-c3ccc(Cl)cc3)n(CC(O)C(F)(F)F)c2=O)cc1-c1ccccc1C(F)(F)F. The third kappa shape index (κ3) is 6.05. The molecule has 1 atom stereocenters. The van der Waals surface area contributed by atoms with Crippen molar-refractivity contribution in [1.29, 1.82) is 0 Å². The minimum atomic E-state index is -5.02. The van der Waals surface area contributed by atoms with Gasteiger partial charge in [-0.2, -0.15) is 26.3 Å². The van der Waals surface area contributed by atoms with E-state index in [0.717, 1.165) is 16.8 Å². The molecular formula is C26H19ClF6N4O3. The second-order valence-corrected chi connectivity index (χ2v) is 9.16. The lowest BCUT2D eigenvalue weighted by atomic mass is 9.93. The Kier molecular flexibility index (Phi) is 7.81. The van der Waals surface area contributed by atoms with Crippen LogP contribution >= 0.6 is 11.6 Å². The Morgan fingerprint density at radius 3 is 2.23 bits per heavy atom. The van der Waals surface area contributed by atoms with Crippen LogP contribution in [0.1, 0.15) is 21.5 Å². The lowest BCUT2D eigenvalue weighted by molar-refractivity contribution is -0.207. The minimum absolute atomic E-state index is 0.157. The molecule has 0 bridgehead atoms. The molecule has 0 aliphatic rings. The molecular weight excluding hydrogens is 566 g/mol. The Balaban J connectivity index is 1.83. The van der Waals surface area contributed by atoms with E-state index < -0.39 is 48.7 Å². The number of aliphatic hydroxyl groups is 1. The van der Waals surface area contributed by atoms with Crippen molar-refractivity contribution in [3.8, 4) is 22.5 Å². The van der Waals surface area contributed by atoms with Crippen molar-refractivity contribution in [3.63, 3.8) is 0 Å². The van der Waals surface area contributed by atoms with Gasteiger partial charge >= 0.3 is 18.0 Å². The molecule has 3 N–H and O–H groups in total. The van der Waals surface area contributed by atoms with Gasteiger partial charge < -0.3 is 10.8 Å². The summed E-state index contributed by atoms with van der Waals surface area (Å²) in [7, 11) is 0. The number of carbonyl (C=O) groups is 1. The fraction of sp³-hybridized carbons (Fsp3) is 0.192. The van der Waals surface area contributed by atoms with Crippen LogP contribution in [-0.4, -0.2) is 37.6 Å². The smallest absolute Gasteiger partial charge is 0.382 e. The number of halogens is 7. The van der Waals surface area contributed by atoms with Gasteiger partial charge in [0.2, 0.25) is 5.91 Å². The van der Waals surface area contributed by atoms with Crippen molar-refractivity contribution < 1.29 is 36.2 Å². The number of alkyl halides is 6. The predicted molar refractivity (Wildman–Crippen MR) is 133 cm³/mol. The summed E-state index contributed by atoms with van der Waals surface area (Å²) in [6.07, 6.45) is -12.7. The van der Waals surface area contributed by atoms with Crippen LogP contribution < -0.4 is 11.4 Å². The third-order valence-corrected chi connectivity index (χ3v) is 6.21. The van der Waals surface area contributed by atoms with Crippen LogP contribution in [0.4, 0.5) is 26.3 Å². The molecule has 0 saturated carbocycles. The maximum Gasteiger partial charge on any atom is 0.417 e. The molecule has 3 aromatic carbocycles. The van der Waals surface area contributed by atoms with E-state index in [0.29, 0.717) is 9.59 Å². The normalized spacial score (nSPS) is 12.9. The number of hydrogen-bond acceptors (Lipinski definition) is 4. The van der Waals surface area contributed by atoms with Crippen molar-refractivity contribution in [2.75, 3.05) is 0 Å². The van der Waals surface area contributed by atoms with E-state index in [4.69, 9.17) is 17.3 Å². The molecule has 4 aromatic rings. The molecule has 1 amide bonds. The topological polar surface area (TPSA) is 103 Å².